The lowest BCUT2D eigenvalue weighted by molar-refractivity contribution is -0.385. The third-order valence-corrected chi connectivity index (χ3v) is 1.51. The van der Waals surface area contributed by atoms with Gasteiger partial charge in [-0.05, 0) is 11.6 Å². The van der Waals surface area contributed by atoms with Crippen molar-refractivity contribution in [3.05, 3.63) is 28.3 Å². The first kappa shape index (κ1) is 6.70. The number of benzene rings is 1. The van der Waals surface area contributed by atoms with E-state index in [1.54, 1.807) is 12.1 Å². The average Bonchev–Trinajstić information content (AvgIpc) is 1.76. The smallest absolute Gasteiger partial charge is 0.277 e. The third-order valence-electron chi connectivity index (χ3n) is 1.51. The van der Waals surface area contributed by atoms with Gasteiger partial charge in [-0.2, -0.15) is 0 Å². The van der Waals surface area contributed by atoms with Gasteiger partial charge in [0.05, 0.1) is 10.5 Å². The van der Waals surface area contributed by atoms with E-state index in [2.05, 4.69) is 0 Å². The number of hydrogen-bond donors (Lipinski definition) is 1. The van der Waals surface area contributed by atoms with Gasteiger partial charge in [-0.3, -0.25) is 10.1 Å². The quantitative estimate of drug-likeness (QED) is 0.481. The highest BCUT2D eigenvalue weighted by Gasteiger charge is 2.25. The van der Waals surface area contributed by atoms with Gasteiger partial charge in [-0.15, -0.1) is 0 Å². The Hall–Kier alpha value is -1.42. The molecule has 52 valence electrons. The largest absolute Gasteiger partial charge is 0.344 e. The number of hydrogen-bond acceptors (Lipinski definition) is 3. The van der Waals surface area contributed by atoms with E-state index in [9.17, 15) is 10.1 Å². The lowest BCUT2D eigenvalue weighted by atomic mass is 9.91. The molecule has 2 rings (SSSR count). The number of rotatable bonds is 1. The van der Waals surface area contributed by atoms with Gasteiger partial charge in [0.25, 0.3) is 5.69 Å². The second-order valence-electron chi connectivity index (χ2n) is 1.99. The first-order chi connectivity index (χ1) is 4.29. The minimum absolute atomic E-state index is 0. The molecule has 2 aliphatic carbocycles. The molecule has 0 saturated carbocycles. The van der Waals surface area contributed by atoms with Crippen LogP contribution in [-0.2, 0) is 0 Å². The molecule has 2 aliphatic rings. The molecule has 3 N–H and O–H groups in total. The Morgan fingerprint density at radius 1 is 1.40 bits per heavy atom. The van der Waals surface area contributed by atoms with Crippen LogP contribution in [0.1, 0.15) is 0 Å². The molecule has 0 unspecified atom stereocenters. The van der Waals surface area contributed by atoms with Crippen LogP contribution in [0.2, 0.25) is 0 Å². The molecule has 4 heteroatoms. The first-order valence-corrected chi connectivity index (χ1v) is 2.58. The average molecular weight is 138 g/mol. The Morgan fingerprint density at radius 3 is 2.20 bits per heavy atom. The van der Waals surface area contributed by atoms with E-state index in [0.717, 1.165) is 11.1 Å². The van der Waals surface area contributed by atoms with Crippen LogP contribution >= 0.6 is 0 Å². The highest BCUT2D eigenvalue weighted by atomic mass is 16.6. The summed E-state index contributed by atoms with van der Waals surface area (Å²) in [7, 11) is 0. The molecule has 0 aromatic carbocycles. The van der Waals surface area contributed by atoms with Gasteiger partial charge in [-0.25, -0.2) is 0 Å². The minimum Gasteiger partial charge on any atom is -0.344 e. The highest BCUT2D eigenvalue weighted by molar-refractivity contribution is 5.87. The van der Waals surface area contributed by atoms with Crippen molar-refractivity contribution in [2.24, 2.45) is 0 Å². The molecule has 0 heterocycles. The Kier molecular flexibility index (Phi) is 1.19. The van der Waals surface area contributed by atoms with Crippen LogP contribution in [0.3, 0.4) is 0 Å². The summed E-state index contributed by atoms with van der Waals surface area (Å²) in [4.78, 5) is 9.68. The molecule has 0 aliphatic heterocycles. The van der Waals surface area contributed by atoms with Crippen molar-refractivity contribution in [1.82, 2.24) is 6.15 Å². The molecular weight excluding hydrogens is 132 g/mol. The second kappa shape index (κ2) is 1.78. The molecule has 10 heavy (non-hydrogen) atoms. The fourth-order valence-corrected chi connectivity index (χ4v) is 0.920. The Balaban J connectivity index is 0.000000500. The summed E-state index contributed by atoms with van der Waals surface area (Å²) >= 11 is 0. The fraction of sp³-hybridized carbons (Fsp3) is 0. The summed E-state index contributed by atoms with van der Waals surface area (Å²) in [5, 5.41) is 10.0. The van der Waals surface area contributed by atoms with E-state index < -0.39 is 0 Å². The van der Waals surface area contributed by atoms with Crippen molar-refractivity contribution in [1.29, 1.82) is 0 Å². The number of nitrogens with zero attached hydrogens (tertiary/aromatic N) is 1. The molecule has 0 spiro atoms. The summed E-state index contributed by atoms with van der Waals surface area (Å²) in [6.45, 7) is 0. The van der Waals surface area contributed by atoms with Crippen molar-refractivity contribution in [3.8, 4) is 11.1 Å². The lowest BCUT2D eigenvalue weighted by Crippen LogP contribution is -1.99. The number of nitro groups is 1. The van der Waals surface area contributed by atoms with Crippen LogP contribution in [0.15, 0.2) is 18.2 Å². The summed E-state index contributed by atoms with van der Waals surface area (Å²) < 4.78 is 0. The second-order valence-corrected chi connectivity index (χ2v) is 1.99. The van der Waals surface area contributed by atoms with E-state index in [-0.39, 0.29) is 16.8 Å². The summed E-state index contributed by atoms with van der Waals surface area (Å²) in [6.07, 6.45) is 0. The third kappa shape index (κ3) is 0.534. The summed E-state index contributed by atoms with van der Waals surface area (Å²) in [6, 6.07) is 5.20. The maximum absolute atomic E-state index is 10.0. The zero-order valence-electron chi connectivity index (χ0n) is 5.20. The van der Waals surface area contributed by atoms with Gasteiger partial charge in [0.1, 0.15) is 0 Å². The molecule has 0 amide bonds. The van der Waals surface area contributed by atoms with Crippen molar-refractivity contribution in [2.45, 2.75) is 0 Å². The van der Waals surface area contributed by atoms with Crippen LogP contribution in [0.25, 0.3) is 11.1 Å². The maximum Gasteiger partial charge on any atom is 0.277 e. The van der Waals surface area contributed by atoms with E-state index in [1.807, 2.05) is 6.07 Å². The van der Waals surface area contributed by atoms with Gasteiger partial charge < -0.3 is 6.15 Å². The molecule has 0 radical (unpaired) electrons. The van der Waals surface area contributed by atoms with E-state index in [0.29, 0.717) is 0 Å². The normalized spacial score (nSPS) is 10.0. The predicted molar refractivity (Wildman–Crippen MR) is 37.1 cm³/mol. The standard InChI is InChI=1S/C6H3NO2.H3N/c8-7(9)6-3-4-1-2-5(4)6;/h1-3H;1H3. The van der Waals surface area contributed by atoms with Crippen LogP contribution in [0, 0.1) is 10.1 Å². The van der Waals surface area contributed by atoms with Gasteiger partial charge in [0.15, 0.2) is 0 Å². The first-order valence-electron chi connectivity index (χ1n) is 2.58. The molecule has 0 bridgehead atoms. The van der Waals surface area contributed by atoms with Gasteiger partial charge in [-0.1, -0.05) is 6.07 Å². The summed E-state index contributed by atoms with van der Waals surface area (Å²) in [5.74, 6) is 0. The molecular formula is C6H6N2O2. The van der Waals surface area contributed by atoms with E-state index >= 15 is 0 Å². The topological polar surface area (TPSA) is 78.1 Å². The van der Waals surface area contributed by atoms with E-state index in [1.165, 1.54) is 0 Å². The fourth-order valence-electron chi connectivity index (χ4n) is 0.920. The highest BCUT2D eigenvalue weighted by Crippen LogP contribution is 2.41. The van der Waals surface area contributed by atoms with Crippen LogP contribution in [0.4, 0.5) is 5.69 Å². The van der Waals surface area contributed by atoms with Crippen molar-refractivity contribution >= 4 is 5.69 Å². The molecule has 0 fully saturated rings. The van der Waals surface area contributed by atoms with Gasteiger partial charge in [0, 0.05) is 6.07 Å². The number of nitro benzene ring substituents is 1. The zero-order chi connectivity index (χ0) is 6.43. The Labute approximate surface area is 57.2 Å². The molecule has 0 atom stereocenters. The lowest BCUT2D eigenvalue weighted by Gasteiger charge is -2.12. The van der Waals surface area contributed by atoms with Crippen LogP contribution in [-0.4, -0.2) is 4.92 Å². The van der Waals surface area contributed by atoms with Crippen molar-refractivity contribution in [3.63, 3.8) is 0 Å². The predicted octanol–water partition coefficient (Wildman–Crippen LogP) is 1.74. The van der Waals surface area contributed by atoms with Crippen molar-refractivity contribution in [2.75, 3.05) is 0 Å². The Bertz CT molecular complexity index is 296. The van der Waals surface area contributed by atoms with Crippen molar-refractivity contribution < 1.29 is 4.92 Å². The SMILES string of the molecule is N.O=[N+]([O-])c1cc2ccc1-2. The number of fused-ring (bicyclic) bond motifs is 1. The van der Waals surface area contributed by atoms with Crippen LogP contribution < -0.4 is 6.15 Å². The van der Waals surface area contributed by atoms with Gasteiger partial charge >= 0.3 is 0 Å². The monoisotopic (exact) mass is 138 g/mol. The molecule has 0 aromatic rings. The summed E-state index contributed by atoms with van der Waals surface area (Å²) in [5.41, 5.74) is 2.08. The Morgan fingerprint density at radius 2 is 2.10 bits per heavy atom. The molecule has 0 saturated heterocycles. The van der Waals surface area contributed by atoms with Gasteiger partial charge in [0.2, 0.25) is 0 Å². The maximum atomic E-state index is 10.0. The van der Waals surface area contributed by atoms with Crippen LogP contribution in [0.5, 0.6) is 0 Å². The molecule has 4 nitrogen and oxygen atoms in total. The zero-order valence-corrected chi connectivity index (χ0v) is 5.20. The minimum atomic E-state index is -0.359. The van der Waals surface area contributed by atoms with E-state index in [4.69, 9.17) is 0 Å². The molecule has 0 aromatic heterocycles.